The van der Waals surface area contributed by atoms with Gasteiger partial charge in [0.15, 0.2) is 5.15 Å². The van der Waals surface area contributed by atoms with Gasteiger partial charge in [0, 0.05) is 10.9 Å². The van der Waals surface area contributed by atoms with Crippen LogP contribution in [0.25, 0.3) is 21.1 Å². The lowest BCUT2D eigenvalue weighted by molar-refractivity contribution is 0.0982. The molecule has 0 aliphatic carbocycles. The first-order valence-corrected chi connectivity index (χ1v) is 16.4. The van der Waals surface area contributed by atoms with Crippen LogP contribution in [0.2, 0.25) is 0 Å². The number of amides is 2. The topological polar surface area (TPSA) is 105 Å². The Morgan fingerprint density at radius 1 is 1.03 bits per heavy atom. The van der Waals surface area contributed by atoms with Gasteiger partial charge in [-0.1, -0.05) is 68.2 Å². The maximum Gasteiger partial charge on any atom is 0.266 e. The molecule has 2 heterocycles. The van der Waals surface area contributed by atoms with E-state index in [1.807, 2.05) is 24.4 Å². The fourth-order valence-electron chi connectivity index (χ4n) is 3.55. The number of nitrogens with one attached hydrogen (secondary N) is 2. The summed E-state index contributed by atoms with van der Waals surface area (Å²) in [4.78, 5) is 31.5. The highest BCUT2D eigenvalue weighted by molar-refractivity contribution is 7.90. The van der Waals surface area contributed by atoms with Gasteiger partial charge in [-0.15, -0.1) is 22.7 Å². The normalized spacial score (nSPS) is 11.8. The molecule has 0 saturated heterocycles. The van der Waals surface area contributed by atoms with E-state index in [0.717, 1.165) is 21.1 Å². The molecule has 0 bridgehead atoms. The number of alkyl halides is 1. The van der Waals surface area contributed by atoms with Crippen molar-refractivity contribution in [3.63, 3.8) is 0 Å². The van der Waals surface area contributed by atoms with Crippen LogP contribution < -0.4 is 10.0 Å². The van der Waals surface area contributed by atoms with Gasteiger partial charge in [0.2, 0.25) is 10.0 Å². The minimum absolute atomic E-state index is 0.0478. The van der Waals surface area contributed by atoms with Crippen molar-refractivity contribution in [3.8, 4) is 21.1 Å². The third-order valence-corrected chi connectivity index (χ3v) is 9.69. The number of hydrogen-bond acceptors (Lipinski definition) is 7. The van der Waals surface area contributed by atoms with E-state index in [2.05, 4.69) is 33.5 Å². The van der Waals surface area contributed by atoms with E-state index in [9.17, 15) is 22.4 Å². The van der Waals surface area contributed by atoms with Gasteiger partial charge in [-0.3, -0.25) is 9.59 Å². The Bertz CT molecular complexity index is 1600. The fraction of sp³-hybridized carbons (Fsp3) is 0.192. The van der Waals surface area contributed by atoms with Gasteiger partial charge in [-0.05, 0) is 36.2 Å². The van der Waals surface area contributed by atoms with Gasteiger partial charge in [0.1, 0.15) is 5.01 Å². The summed E-state index contributed by atoms with van der Waals surface area (Å²) in [5.41, 5.74) is 2.36. The minimum atomic E-state index is -3.78. The molecular weight excluding hydrogens is 595 g/mol. The third kappa shape index (κ3) is 7.56. The van der Waals surface area contributed by atoms with Crippen LogP contribution in [0.1, 0.15) is 45.4 Å². The number of carbonyl (C=O) groups excluding carboxylic acids is 2. The molecule has 2 aromatic carbocycles. The summed E-state index contributed by atoms with van der Waals surface area (Å²) in [5, 5.41) is 3.76. The van der Waals surface area contributed by atoms with E-state index in [4.69, 9.17) is 0 Å². The van der Waals surface area contributed by atoms with E-state index < -0.39 is 27.0 Å². The SMILES string of the molecule is CCCCS(=O)(=O)NC(=O)c1ccccc1NC(=O)c1ccc(-c2nc(-c3ccc(C(F)(P)P)cc3)cs2)s1. The van der Waals surface area contributed by atoms with Crippen molar-refractivity contribution in [1.29, 1.82) is 0 Å². The third-order valence-electron chi connectivity index (χ3n) is 5.60. The second kappa shape index (κ2) is 12.3. The monoisotopic (exact) mass is 621 g/mol. The van der Waals surface area contributed by atoms with E-state index in [0.29, 0.717) is 23.3 Å². The Morgan fingerprint density at radius 2 is 1.74 bits per heavy atom. The Balaban J connectivity index is 1.47. The second-order valence-corrected chi connectivity index (χ2v) is 14.8. The largest absolute Gasteiger partial charge is 0.321 e. The average Bonchev–Trinajstić information content (AvgIpc) is 3.57. The van der Waals surface area contributed by atoms with Crippen LogP contribution in [-0.2, 0) is 15.2 Å². The highest BCUT2D eigenvalue weighted by Crippen LogP contribution is 2.41. The van der Waals surface area contributed by atoms with Crippen molar-refractivity contribution in [1.82, 2.24) is 9.71 Å². The van der Waals surface area contributed by atoms with E-state index in [1.165, 1.54) is 28.7 Å². The molecule has 7 nitrogen and oxygen atoms in total. The highest BCUT2D eigenvalue weighted by atomic mass is 32.2. The van der Waals surface area contributed by atoms with Crippen LogP contribution in [-0.4, -0.2) is 31.0 Å². The van der Waals surface area contributed by atoms with Gasteiger partial charge in [-0.2, -0.15) is 0 Å². The number of rotatable bonds is 10. The molecule has 204 valence electrons. The highest BCUT2D eigenvalue weighted by Gasteiger charge is 2.21. The van der Waals surface area contributed by atoms with E-state index in [-0.39, 0.29) is 17.0 Å². The Hall–Kier alpha value is -2.55. The summed E-state index contributed by atoms with van der Waals surface area (Å²) in [7, 11) is 0.508. The number of benzene rings is 2. The lowest BCUT2D eigenvalue weighted by Gasteiger charge is -2.14. The average molecular weight is 622 g/mol. The fourth-order valence-corrected chi connectivity index (χ4v) is 6.90. The Kier molecular flexibility index (Phi) is 9.29. The first kappa shape index (κ1) is 29.4. The van der Waals surface area contributed by atoms with Crippen LogP contribution in [0.15, 0.2) is 66.0 Å². The molecule has 4 rings (SSSR count). The molecule has 0 aliphatic rings. The zero-order valence-corrected chi connectivity index (χ0v) is 25.6. The van der Waals surface area contributed by atoms with E-state index >= 15 is 0 Å². The summed E-state index contributed by atoms with van der Waals surface area (Å²) >= 11 is 2.67. The first-order chi connectivity index (χ1) is 18.5. The molecule has 0 fully saturated rings. The minimum Gasteiger partial charge on any atom is -0.321 e. The van der Waals surface area contributed by atoms with Gasteiger partial charge in [0.25, 0.3) is 11.8 Å². The van der Waals surface area contributed by atoms with Crippen molar-refractivity contribution < 1.29 is 22.4 Å². The molecule has 2 atom stereocenters. The van der Waals surface area contributed by atoms with Gasteiger partial charge < -0.3 is 5.32 Å². The van der Waals surface area contributed by atoms with Crippen molar-refractivity contribution in [2.45, 2.75) is 24.9 Å². The van der Waals surface area contributed by atoms with Crippen molar-refractivity contribution in [2.24, 2.45) is 0 Å². The zero-order chi connectivity index (χ0) is 28.2. The smallest absolute Gasteiger partial charge is 0.266 e. The summed E-state index contributed by atoms with van der Waals surface area (Å²) in [6, 6.07) is 16.7. The zero-order valence-electron chi connectivity index (χ0n) is 20.8. The number of nitrogens with zero attached hydrogens (tertiary/aromatic N) is 1. The van der Waals surface area contributed by atoms with E-state index in [1.54, 1.807) is 42.5 Å². The van der Waals surface area contributed by atoms with Crippen LogP contribution in [0.5, 0.6) is 0 Å². The lowest BCUT2D eigenvalue weighted by Crippen LogP contribution is -2.33. The summed E-state index contributed by atoms with van der Waals surface area (Å²) in [5.74, 6) is -1.39. The van der Waals surface area contributed by atoms with Gasteiger partial charge >= 0.3 is 0 Å². The van der Waals surface area contributed by atoms with Gasteiger partial charge in [0.05, 0.1) is 32.5 Å². The quantitative estimate of drug-likeness (QED) is 0.197. The standard InChI is InChI=1S/C26H26FN3O4P2S3/c1-2-3-14-39(33,34)30-23(31)18-6-4-5-7-19(18)28-24(32)21-12-13-22(38-21)25-29-20(15-37-25)16-8-10-17(11-9-16)26(27,35)36/h4-13,15H,2-3,14,35-36H2,1H3,(H,28,32)(H,30,31). The predicted octanol–water partition coefficient (Wildman–Crippen LogP) is 6.48. The van der Waals surface area contributed by atoms with Crippen LogP contribution in [0, 0.1) is 0 Å². The number of anilines is 1. The second-order valence-electron chi connectivity index (χ2n) is 8.65. The maximum absolute atomic E-state index is 14.1. The molecule has 2 aromatic heterocycles. The summed E-state index contributed by atoms with van der Waals surface area (Å²) in [6.45, 7) is 1.86. The van der Waals surface area contributed by atoms with Crippen molar-refractivity contribution >= 4 is 68.7 Å². The van der Waals surface area contributed by atoms with Crippen molar-refractivity contribution in [3.05, 3.63) is 82.0 Å². The molecule has 39 heavy (non-hydrogen) atoms. The Morgan fingerprint density at radius 3 is 2.44 bits per heavy atom. The number of aromatic nitrogens is 1. The molecule has 0 spiro atoms. The summed E-state index contributed by atoms with van der Waals surface area (Å²) in [6.07, 6.45) is 1.11. The van der Waals surface area contributed by atoms with Crippen molar-refractivity contribution in [2.75, 3.05) is 11.1 Å². The number of thiazole rings is 1. The molecule has 2 amide bonds. The number of sulfonamides is 1. The molecule has 2 N–H and O–H groups in total. The first-order valence-electron chi connectivity index (χ1n) is 11.9. The molecule has 0 aliphatic heterocycles. The Labute approximate surface area is 239 Å². The summed E-state index contributed by atoms with van der Waals surface area (Å²) < 4.78 is 40.5. The molecule has 0 radical (unpaired) electrons. The molecular formula is C26H26FN3O4P2S3. The molecule has 4 aromatic rings. The lowest BCUT2D eigenvalue weighted by atomic mass is 10.1. The molecule has 0 saturated carbocycles. The van der Waals surface area contributed by atoms with Crippen LogP contribution >= 0.6 is 41.2 Å². The maximum atomic E-state index is 14.1. The molecule has 2 unspecified atom stereocenters. The number of halogens is 1. The number of hydrogen-bond donors (Lipinski definition) is 2. The van der Waals surface area contributed by atoms with Crippen LogP contribution in [0.3, 0.4) is 0 Å². The van der Waals surface area contributed by atoms with Crippen LogP contribution in [0.4, 0.5) is 10.1 Å². The number of thiophene rings is 1. The number of para-hydroxylation sites is 1. The number of unbranched alkanes of at least 4 members (excludes halogenated alkanes) is 1. The van der Waals surface area contributed by atoms with Gasteiger partial charge in [-0.25, -0.2) is 22.5 Å². The number of carbonyl (C=O) groups is 2. The molecule has 13 heteroatoms. The predicted molar refractivity (Wildman–Crippen MR) is 164 cm³/mol.